The molecule has 2 N–H and O–H groups in total. The molecule has 0 saturated carbocycles. The number of aromatic nitrogens is 1. The van der Waals surface area contributed by atoms with Crippen molar-refractivity contribution in [1.82, 2.24) is 4.98 Å². The van der Waals surface area contributed by atoms with Crippen LogP contribution in [0.4, 0.5) is 10.2 Å². The number of anilines is 1. The summed E-state index contributed by atoms with van der Waals surface area (Å²) >= 11 is 0. The van der Waals surface area contributed by atoms with Gasteiger partial charge in [0.1, 0.15) is 29.7 Å². The van der Waals surface area contributed by atoms with E-state index >= 15 is 0 Å². The van der Waals surface area contributed by atoms with E-state index in [0.717, 1.165) is 16.7 Å². The summed E-state index contributed by atoms with van der Waals surface area (Å²) in [5.41, 5.74) is 3.24. The molecule has 3 rings (SSSR count). The lowest BCUT2D eigenvalue weighted by Gasteiger charge is -2.11. The molecule has 0 atom stereocenters. The number of halogens is 1. The third-order valence-corrected chi connectivity index (χ3v) is 3.99. The molecule has 0 fully saturated rings. The van der Waals surface area contributed by atoms with Crippen LogP contribution in [-0.2, 0) is 6.61 Å². The van der Waals surface area contributed by atoms with Crippen LogP contribution in [0.1, 0.15) is 11.1 Å². The van der Waals surface area contributed by atoms with E-state index in [1.165, 1.54) is 18.3 Å². The monoisotopic (exact) mass is 338 g/mol. The van der Waals surface area contributed by atoms with Crippen molar-refractivity contribution in [3.8, 4) is 22.6 Å². The van der Waals surface area contributed by atoms with Crippen LogP contribution in [-0.4, -0.2) is 17.1 Å². The topological polar surface area (TPSA) is 54.4 Å². The number of hydrogen-bond donors (Lipinski definition) is 2. The van der Waals surface area contributed by atoms with Crippen molar-refractivity contribution in [2.24, 2.45) is 0 Å². The van der Waals surface area contributed by atoms with Crippen molar-refractivity contribution >= 4 is 5.82 Å². The maximum absolute atomic E-state index is 13.4. The number of hydrogen-bond acceptors (Lipinski definition) is 4. The van der Waals surface area contributed by atoms with Crippen molar-refractivity contribution in [2.45, 2.75) is 13.5 Å². The van der Waals surface area contributed by atoms with Gasteiger partial charge in [-0.1, -0.05) is 18.2 Å². The van der Waals surface area contributed by atoms with Gasteiger partial charge in [-0.2, -0.15) is 0 Å². The standard InChI is InChI=1S/C20H19FN2O2/c1-13-6-7-16(21)8-15(13)12-25-17-5-3-4-14(9-17)18-10-20(22-2)23-11-19(18)24/h3-11,24H,12H2,1-2H3,(H,22,23). The summed E-state index contributed by atoms with van der Waals surface area (Å²) in [5, 5.41) is 13.0. The van der Waals surface area contributed by atoms with Crippen LogP contribution in [0.5, 0.6) is 11.5 Å². The van der Waals surface area contributed by atoms with Crippen LogP contribution in [0.3, 0.4) is 0 Å². The van der Waals surface area contributed by atoms with Gasteiger partial charge in [-0.3, -0.25) is 0 Å². The summed E-state index contributed by atoms with van der Waals surface area (Å²) in [6.07, 6.45) is 1.41. The molecule has 5 heteroatoms. The highest BCUT2D eigenvalue weighted by molar-refractivity contribution is 5.73. The Morgan fingerprint density at radius 1 is 1.16 bits per heavy atom. The third-order valence-electron chi connectivity index (χ3n) is 3.99. The summed E-state index contributed by atoms with van der Waals surface area (Å²) in [6.45, 7) is 2.19. The highest BCUT2D eigenvalue weighted by atomic mass is 19.1. The summed E-state index contributed by atoms with van der Waals surface area (Å²) in [6, 6.07) is 13.8. The fourth-order valence-electron chi connectivity index (χ4n) is 2.53. The molecule has 0 amide bonds. The first kappa shape index (κ1) is 16.8. The zero-order chi connectivity index (χ0) is 17.8. The second kappa shape index (κ2) is 7.21. The lowest BCUT2D eigenvalue weighted by molar-refractivity contribution is 0.305. The highest BCUT2D eigenvalue weighted by Crippen LogP contribution is 2.32. The van der Waals surface area contributed by atoms with Gasteiger partial charge in [-0.05, 0) is 53.9 Å². The number of nitrogens with zero attached hydrogens (tertiary/aromatic N) is 1. The molecule has 0 aliphatic rings. The Labute approximate surface area is 145 Å². The number of benzene rings is 2. The molecular weight excluding hydrogens is 319 g/mol. The maximum Gasteiger partial charge on any atom is 0.141 e. The van der Waals surface area contributed by atoms with Crippen LogP contribution in [0.25, 0.3) is 11.1 Å². The Kier molecular flexibility index (Phi) is 4.84. The average molecular weight is 338 g/mol. The Morgan fingerprint density at radius 2 is 2.00 bits per heavy atom. The average Bonchev–Trinajstić information content (AvgIpc) is 2.63. The minimum atomic E-state index is -0.278. The minimum absolute atomic E-state index is 0.0946. The second-order valence-corrected chi connectivity index (χ2v) is 5.72. The molecule has 3 aromatic rings. The van der Waals surface area contributed by atoms with Crippen molar-refractivity contribution in [2.75, 3.05) is 12.4 Å². The van der Waals surface area contributed by atoms with Gasteiger partial charge in [0.25, 0.3) is 0 Å². The smallest absolute Gasteiger partial charge is 0.141 e. The number of ether oxygens (including phenoxy) is 1. The molecule has 0 unspecified atom stereocenters. The summed E-state index contributed by atoms with van der Waals surface area (Å²) < 4.78 is 19.2. The van der Waals surface area contributed by atoms with Gasteiger partial charge in [-0.15, -0.1) is 0 Å². The Balaban J connectivity index is 1.83. The van der Waals surface area contributed by atoms with E-state index in [4.69, 9.17) is 4.74 Å². The van der Waals surface area contributed by atoms with Gasteiger partial charge in [0.15, 0.2) is 0 Å². The number of rotatable bonds is 5. The SMILES string of the molecule is CNc1cc(-c2cccc(OCc3cc(F)ccc3C)c2)c(O)cn1. The van der Waals surface area contributed by atoms with Crippen LogP contribution in [0.15, 0.2) is 54.7 Å². The molecule has 0 spiro atoms. The predicted molar refractivity (Wildman–Crippen MR) is 96.4 cm³/mol. The molecule has 0 bridgehead atoms. The Morgan fingerprint density at radius 3 is 2.80 bits per heavy atom. The molecule has 25 heavy (non-hydrogen) atoms. The van der Waals surface area contributed by atoms with E-state index in [1.807, 2.05) is 31.2 Å². The fraction of sp³-hybridized carbons (Fsp3) is 0.150. The molecule has 1 aromatic heterocycles. The number of aromatic hydroxyl groups is 1. The van der Waals surface area contributed by atoms with Gasteiger partial charge >= 0.3 is 0 Å². The first-order valence-electron chi connectivity index (χ1n) is 7.92. The zero-order valence-corrected chi connectivity index (χ0v) is 14.1. The van der Waals surface area contributed by atoms with E-state index in [2.05, 4.69) is 10.3 Å². The molecule has 1 heterocycles. The van der Waals surface area contributed by atoms with Crippen molar-refractivity contribution < 1.29 is 14.2 Å². The lowest BCUT2D eigenvalue weighted by Crippen LogP contribution is -1.99. The largest absolute Gasteiger partial charge is 0.506 e. The molecule has 4 nitrogen and oxygen atoms in total. The van der Waals surface area contributed by atoms with E-state index in [9.17, 15) is 9.50 Å². The third kappa shape index (κ3) is 3.88. The zero-order valence-electron chi connectivity index (χ0n) is 14.1. The maximum atomic E-state index is 13.4. The first-order valence-corrected chi connectivity index (χ1v) is 7.92. The van der Waals surface area contributed by atoms with Crippen LogP contribution in [0.2, 0.25) is 0 Å². The normalized spacial score (nSPS) is 10.5. The summed E-state index contributed by atoms with van der Waals surface area (Å²) in [5.74, 6) is 1.12. The van der Waals surface area contributed by atoms with E-state index in [1.54, 1.807) is 19.2 Å². The van der Waals surface area contributed by atoms with E-state index < -0.39 is 0 Å². The summed E-state index contributed by atoms with van der Waals surface area (Å²) in [7, 11) is 1.77. The molecule has 0 saturated heterocycles. The molecule has 0 radical (unpaired) electrons. The van der Waals surface area contributed by atoms with Gasteiger partial charge in [0.2, 0.25) is 0 Å². The van der Waals surface area contributed by atoms with Crippen LogP contribution >= 0.6 is 0 Å². The molecule has 128 valence electrons. The minimum Gasteiger partial charge on any atom is -0.506 e. The number of aryl methyl sites for hydroxylation is 1. The first-order chi connectivity index (χ1) is 12.1. The van der Waals surface area contributed by atoms with Gasteiger partial charge in [0, 0.05) is 12.6 Å². The summed E-state index contributed by atoms with van der Waals surface area (Å²) in [4.78, 5) is 4.07. The van der Waals surface area contributed by atoms with Crippen LogP contribution < -0.4 is 10.1 Å². The molecule has 0 aliphatic carbocycles. The molecule has 0 aliphatic heterocycles. The number of nitrogens with one attached hydrogen (secondary N) is 1. The Bertz CT molecular complexity index is 897. The van der Waals surface area contributed by atoms with Crippen LogP contribution in [0, 0.1) is 12.7 Å². The predicted octanol–water partition coefficient (Wildman–Crippen LogP) is 4.52. The molecule has 2 aromatic carbocycles. The van der Waals surface area contributed by atoms with Crippen molar-refractivity contribution in [1.29, 1.82) is 0 Å². The van der Waals surface area contributed by atoms with E-state index in [-0.39, 0.29) is 18.2 Å². The molecular formula is C20H19FN2O2. The number of pyridine rings is 1. The highest BCUT2D eigenvalue weighted by Gasteiger charge is 2.08. The lowest BCUT2D eigenvalue weighted by atomic mass is 10.1. The van der Waals surface area contributed by atoms with Gasteiger partial charge in [-0.25, -0.2) is 9.37 Å². The quantitative estimate of drug-likeness (QED) is 0.718. The van der Waals surface area contributed by atoms with E-state index in [0.29, 0.717) is 17.1 Å². The second-order valence-electron chi connectivity index (χ2n) is 5.72. The Hall–Kier alpha value is -3.08. The van der Waals surface area contributed by atoms with Gasteiger partial charge in [0.05, 0.1) is 6.20 Å². The van der Waals surface area contributed by atoms with Crippen molar-refractivity contribution in [3.05, 3.63) is 71.7 Å². The van der Waals surface area contributed by atoms with Crippen molar-refractivity contribution in [3.63, 3.8) is 0 Å². The van der Waals surface area contributed by atoms with Gasteiger partial charge < -0.3 is 15.2 Å². The fourth-order valence-corrected chi connectivity index (χ4v) is 2.53.